The van der Waals surface area contributed by atoms with Gasteiger partial charge in [0.15, 0.2) is 0 Å². The van der Waals surface area contributed by atoms with Gasteiger partial charge in [-0.05, 0) is 29.6 Å². The van der Waals surface area contributed by atoms with Gasteiger partial charge >= 0.3 is 7.12 Å². The van der Waals surface area contributed by atoms with Gasteiger partial charge in [-0.1, -0.05) is 54.6 Å². The number of para-hydroxylation sites is 1. The van der Waals surface area contributed by atoms with Crippen molar-refractivity contribution >= 4 is 34.5 Å². The predicted octanol–water partition coefficient (Wildman–Crippen LogP) is 3.24. The van der Waals surface area contributed by atoms with Gasteiger partial charge in [0.2, 0.25) is 0 Å². The third kappa shape index (κ3) is 2.33. The SMILES string of the molecule is Cc1ccc2c(c1)oc1c(-c3cccc(B(O)O)c3)cccc12. The molecule has 0 bridgehead atoms. The van der Waals surface area contributed by atoms with Crippen LogP contribution in [0.5, 0.6) is 0 Å². The highest BCUT2D eigenvalue weighted by atomic mass is 16.4. The Bertz CT molecular complexity index is 1020. The van der Waals surface area contributed by atoms with E-state index in [9.17, 15) is 10.0 Å². The largest absolute Gasteiger partial charge is 0.488 e. The van der Waals surface area contributed by atoms with Crippen LogP contribution < -0.4 is 5.46 Å². The van der Waals surface area contributed by atoms with Crippen molar-refractivity contribution in [1.82, 2.24) is 0 Å². The Labute approximate surface area is 133 Å². The quantitative estimate of drug-likeness (QED) is 0.559. The lowest BCUT2D eigenvalue weighted by atomic mass is 9.79. The van der Waals surface area contributed by atoms with E-state index in [1.54, 1.807) is 12.1 Å². The number of hydrogen-bond acceptors (Lipinski definition) is 3. The van der Waals surface area contributed by atoms with E-state index in [2.05, 4.69) is 12.1 Å². The van der Waals surface area contributed by atoms with E-state index in [1.165, 1.54) is 0 Å². The van der Waals surface area contributed by atoms with E-state index in [0.717, 1.165) is 38.6 Å². The lowest BCUT2D eigenvalue weighted by molar-refractivity contribution is 0.426. The van der Waals surface area contributed by atoms with Crippen LogP contribution in [-0.4, -0.2) is 17.2 Å². The lowest BCUT2D eigenvalue weighted by Crippen LogP contribution is -2.29. The second-order valence-corrected chi connectivity index (χ2v) is 5.78. The van der Waals surface area contributed by atoms with Crippen molar-refractivity contribution in [2.75, 3.05) is 0 Å². The summed E-state index contributed by atoms with van der Waals surface area (Å²) < 4.78 is 6.09. The second-order valence-electron chi connectivity index (χ2n) is 5.78. The molecule has 1 heterocycles. The molecular weight excluding hydrogens is 287 g/mol. The van der Waals surface area contributed by atoms with Crippen molar-refractivity contribution < 1.29 is 14.5 Å². The zero-order valence-electron chi connectivity index (χ0n) is 12.7. The van der Waals surface area contributed by atoms with Crippen LogP contribution in [0.3, 0.4) is 0 Å². The summed E-state index contributed by atoms with van der Waals surface area (Å²) in [5.41, 5.74) is 5.15. The highest BCUT2D eigenvalue weighted by Gasteiger charge is 2.15. The molecule has 0 aliphatic rings. The summed E-state index contributed by atoms with van der Waals surface area (Å²) in [6, 6.07) is 19.4. The van der Waals surface area contributed by atoms with Gasteiger partial charge in [-0.3, -0.25) is 0 Å². The molecule has 3 aromatic carbocycles. The van der Waals surface area contributed by atoms with Crippen LogP contribution >= 0.6 is 0 Å². The number of rotatable bonds is 2. The van der Waals surface area contributed by atoms with Crippen molar-refractivity contribution in [3.63, 3.8) is 0 Å². The van der Waals surface area contributed by atoms with Gasteiger partial charge in [0, 0.05) is 16.3 Å². The summed E-state index contributed by atoms with van der Waals surface area (Å²) in [5, 5.41) is 20.9. The lowest BCUT2D eigenvalue weighted by Gasteiger charge is -2.05. The van der Waals surface area contributed by atoms with Gasteiger partial charge in [-0.2, -0.15) is 0 Å². The van der Waals surface area contributed by atoms with Gasteiger partial charge in [0.05, 0.1) is 0 Å². The summed E-state index contributed by atoms with van der Waals surface area (Å²) >= 11 is 0. The molecule has 0 unspecified atom stereocenters. The summed E-state index contributed by atoms with van der Waals surface area (Å²) in [4.78, 5) is 0. The number of benzene rings is 3. The third-order valence-electron chi connectivity index (χ3n) is 4.15. The maximum Gasteiger partial charge on any atom is 0.488 e. The molecule has 0 atom stereocenters. The van der Waals surface area contributed by atoms with Crippen molar-refractivity contribution in [2.24, 2.45) is 0 Å². The Morgan fingerprint density at radius 1 is 0.870 bits per heavy atom. The van der Waals surface area contributed by atoms with E-state index < -0.39 is 7.12 Å². The van der Waals surface area contributed by atoms with Gasteiger partial charge in [0.1, 0.15) is 11.2 Å². The van der Waals surface area contributed by atoms with Gasteiger partial charge < -0.3 is 14.5 Å². The number of aryl methyl sites for hydroxylation is 1. The fourth-order valence-corrected chi connectivity index (χ4v) is 3.00. The Morgan fingerprint density at radius 2 is 1.70 bits per heavy atom. The van der Waals surface area contributed by atoms with Crippen molar-refractivity contribution in [3.05, 3.63) is 66.2 Å². The van der Waals surface area contributed by atoms with Crippen molar-refractivity contribution in [3.8, 4) is 11.1 Å². The minimum absolute atomic E-state index is 0.464. The summed E-state index contributed by atoms with van der Waals surface area (Å²) in [6.07, 6.45) is 0. The molecule has 0 amide bonds. The fraction of sp³-hybridized carbons (Fsp3) is 0.0526. The highest BCUT2D eigenvalue weighted by molar-refractivity contribution is 6.58. The molecule has 23 heavy (non-hydrogen) atoms. The topological polar surface area (TPSA) is 53.6 Å². The Balaban J connectivity index is 2.00. The molecule has 3 nitrogen and oxygen atoms in total. The van der Waals surface area contributed by atoms with Gasteiger partial charge in [0.25, 0.3) is 0 Å². The first-order valence-electron chi connectivity index (χ1n) is 7.52. The molecule has 0 fully saturated rings. The fourth-order valence-electron chi connectivity index (χ4n) is 3.00. The maximum atomic E-state index is 9.39. The summed E-state index contributed by atoms with van der Waals surface area (Å²) in [5.74, 6) is 0. The van der Waals surface area contributed by atoms with E-state index in [4.69, 9.17) is 4.42 Å². The second kappa shape index (κ2) is 5.27. The summed E-state index contributed by atoms with van der Waals surface area (Å²) in [7, 11) is -1.48. The first-order chi connectivity index (χ1) is 11.1. The van der Waals surface area contributed by atoms with Crippen LogP contribution in [0, 0.1) is 6.92 Å². The predicted molar refractivity (Wildman–Crippen MR) is 93.7 cm³/mol. The van der Waals surface area contributed by atoms with Crippen LogP contribution in [0.4, 0.5) is 0 Å². The van der Waals surface area contributed by atoms with E-state index in [1.807, 2.05) is 43.3 Å². The zero-order chi connectivity index (χ0) is 16.0. The van der Waals surface area contributed by atoms with Crippen molar-refractivity contribution in [1.29, 1.82) is 0 Å². The monoisotopic (exact) mass is 302 g/mol. The van der Waals surface area contributed by atoms with E-state index >= 15 is 0 Å². The molecule has 0 saturated carbocycles. The van der Waals surface area contributed by atoms with E-state index in [-0.39, 0.29) is 0 Å². The van der Waals surface area contributed by atoms with E-state index in [0.29, 0.717) is 5.46 Å². The van der Waals surface area contributed by atoms with Gasteiger partial charge in [-0.15, -0.1) is 0 Å². The molecule has 0 aliphatic heterocycles. The minimum atomic E-state index is -1.48. The molecule has 2 N–H and O–H groups in total. The number of furan rings is 1. The molecule has 4 aromatic rings. The number of hydrogen-bond donors (Lipinski definition) is 2. The highest BCUT2D eigenvalue weighted by Crippen LogP contribution is 2.35. The molecule has 0 radical (unpaired) electrons. The van der Waals surface area contributed by atoms with Crippen LogP contribution in [0.15, 0.2) is 65.1 Å². The van der Waals surface area contributed by atoms with Crippen LogP contribution in [0.25, 0.3) is 33.1 Å². The van der Waals surface area contributed by atoms with Crippen LogP contribution in [0.1, 0.15) is 5.56 Å². The smallest absolute Gasteiger partial charge is 0.455 e. The van der Waals surface area contributed by atoms with Crippen molar-refractivity contribution in [2.45, 2.75) is 6.92 Å². The first-order valence-corrected chi connectivity index (χ1v) is 7.52. The standard InChI is InChI=1S/C19H15BO3/c1-12-8-9-16-17-7-3-6-15(19(17)23-18(16)10-12)13-4-2-5-14(11-13)20(21)22/h2-11,21-22H,1H3. The Kier molecular flexibility index (Phi) is 3.22. The molecule has 0 saturated heterocycles. The minimum Gasteiger partial charge on any atom is -0.455 e. The molecule has 0 aliphatic carbocycles. The first kappa shape index (κ1) is 14.1. The molecule has 4 heteroatoms. The van der Waals surface area contributed by atoms with Gasteiger partial charge in [-0.25, -0.2) is 0 Å². The summed E-state index contributed by atoms with van der Waals surface area (Å²) in [6.45, 7) is 2.04. The average molecular weight is 302 g/mol. The molecule has 112 valence electrons. The molecule has 0 spiro atoms. The molecule has 1 aromatic heterocycles. The molecule has 4 rings (SSSR count). The Morgan fingerprint density at radius 3 is 2.52 bits per heavy atom. The number of fused-ring (bicyclic) bond motifs is 3. The third-order valence-corrected chi connectivity index (χ3v) is 4.15. The Hall–Kier alpha value is -2.56. The van der Waals surface area contributed by atoms with Crippen LogP contribution in [-0.2, 0) is 0 Å². The molecular formula is C19H15BO3. The normalized spacial score (nSPS) is 11.3. The average Bonchev–Trinajstić information content (AvgIpc) is 2.92. The zero-order valence-corrected chi connectivity index (χ0v) is 12.7. The van der Waals surface area contributed by atoms with Crippen LogP contribution in [0.2, 0.25) is 0 Å². The maximum absolute atomic E-state index is 9.39.